The van der Waals surface area contributed by atoms with E-state index >= 15 is 0 Å². The van der Waals surface area contributed by atoms with Gasteiger partial charge in [0, 0.05) is 50.1 Å². The second kappa shape index (κ2) is 17.2. The highest BCUT2D eigenvalue weighted by Crippen LogP contribution is 2.53. The van der Waals surface area contributed by atoms with E-state index < -0.39 is 24.3 Å². The number of H-pyrrole nitrogens is 2. The van der Waals surface area contributed by atoms with Gasteiger partial charge in [-0.05, 0) is 104 Å². The van der Waals surface area contributed by atoms with Crippen molar-refractivity contribution in [1.29, 1.82) is 0 Å². The van der Waals surface area contributed by atoms with Crippen LogP contribution in [-0.2, 0) is 23.8 Å². The van der Waals surface area contributed by atoms with Gasteiger partial charge in [-0.1, -0.05) is 31.0 Å². The molecule has 2 aromatic carbocycles. The number of nitrogens with zero attached hydrogens (tertiary/aromatic N) is 4. The van der Waals surface area contributed by atoms with E-state index in [4.69, 9.17) is 19.2 Å². The van der Waals surface area contributed by atoms with Crippen LogP contribution in [0.15, 0.2) is 48.8 Å². The molecule has 16 heteroatoms. The highest BCUT2D eigenvalue weighted by atomic mass is 16.5. The Balaban J connectivity index is 0.878. The first-order valence-corrected chi connectivity index (χ1v) is 21.4. The van der Waals surface area contributed by atoms with Crippen molar-refractivity contribution < 1.29 is 38.5 Å². The molecule has 4 aromatic rings. The molecule has 1 saturated carbocycles. The zero-order chi connectivity index (χ0) is 42.2. The number of aromatic amines is 2. The molecule has 2 aromatic heterocycles. The molecule has 4 amide bonds. The van der Waals surface area contributed by atoms with Crippen molar-refractivity contribution >= 4 is 34.8 Å². The number of ether oxygens (including phenoxy) is 3. The summed E-state index contributed by atoms with van der Waals surface area (Å²) in [6.45, 7) is 4.75. The minimum Gasteiger partial charge on any atom is -0.465 e. The molecule has 7 atom stereocenters. The number of methoxy groups -OCH3 is 1. The molecule has 9 rings (SSSR count). The van der Waals surface area contributed by atoms with Crippen molar-refractivity contribution in [1.82, 2.24) is 40.4 Å². The van der Waals surface area contributed by atoms with Gasteiger partial charge in [0.1, 0.15) is 29.4 Å². The molecule has 61 heavy (non-hydrogen) atoms. The summed E-state index contributed by atoms with van der Waals surface area (Å²) in [5, 5.41) is 17.0. The van der Waals surface area contributed by atoms with E-state index in [1.54, 1.807) is 17.3 Å². The zero-order valence-electron chi connectivity index (χ0n) is 34.4. The Morgan fingerprint density at radius 3 is 2.21 bits per heavy atom. The summed E-state index contributed by atoms with van der Waals surface area (Å²) in [5.74, 6) is 8.03. The molecule has 16 nitrogen and oxygen atoms in total. The molecule has 5 aliphatic rings. The zero-order valence-corrected chi connectivity index (χ0v) is 34.4. The SMILES string of the molecule is COC(=O)N[C@H](C(=O)N1[C@@H]2C[C@H]2C[C@H]1c1ncc(C#Cc2ccc3cc(-c4cnc([C@@H]5C[C@H](C)CN5C(=O)[C@@H](NC(=O)O)C5CCOCC5)[nH]4)ccc3c2)[nH]1)C1CCOCC1. The third kappa shape index (κ3) is 8.54. The van der Waals surface area contributed by atoms with Gasteiger partial charge in [0.2, 0.25) is 11.8 Å². The summed E-state index contributed by atoms with van der Waals surface area (Å²) in [4.78, 5) is 72.1. The number of carboxylic acid groups (broad SMARTS) is 1. The van der Waals surface area contributed by atoms with E-state index in [1.165, 1.54) is 7.11 Å². The highest BCUT2D eigenvalue weighted by Gasteiger charge is 2.56. The number of hydrogen-bond acceptors (Lipinski definition) is 9. The molecular weight excluding hydrogens is 781 g/mol. The lowest BCUT2D eigenvalue weighted by atomic mass is 9.90. The summed E-state index contributed by atoms with van der Waals surface area (Å²) in [6, 6.07) is 10.3. The second-order valence-corrected chi connectivity index (χ2v) is 17.2. The lowest BCUT2D eigenvalue weighted by Gasteiger charge is -2.35. The number of aromatic nitrogens is 4. The van der Waals surface area contributed by atoms with Crippen molar-refractivity contribution in [2.75, 3.05) is 40.1 Å². The summed E-state index contributed by atoms with van der Waals surface area (Å²) in [5.41, 5.74) is 3.26. The van der Waals surface area contributed by atoms with Gasteiger partial charge in [-0.3, -0.25) is 9.59 Å². The first-order chi connectivity index (χ1) is 29.6. The van der Waals surface area contributed by atoms with Crippen LogP contribution < -0.4 is 10.6 Å². The van der Waals surface area contributed by atoms with Crippen LogP contribution in [0, 0.1) is 35.5 Å². The van der Waals surface area contributed by atoms with Crippen LogP contribution in [0.3, 0.4) is 0 Å². The fraction of sp³-hybridized carbons (Fsp3) is 0.511. The Labute approximate surface area is 353 Å². The minimum atomic E-state index is -1.21. The predicted octanol–water partition coefficient (Wildman–Crippen LogP) is 5.14. The van der Waals surface area contributed by atoms with E-state index in [9.17, 15) is 24.3 Å². The molecule has 0 bridgehead atoms. The molecule has 5 N–H and O–H groups in total. The number of carbonyl (C=O) groups is 4. The molecule has 5 fully saturated rings. The molecule has 4 saturated heterocycles. The second-order valence-electron chi connectivity index (χ2n) is 17.2. The third-order valence-corrected chi connectivity index (χ3v) is 13.2. The van der Waals surface area contributed by atoms with Gasteiger partial charge >= 0.3 is 12.2 Å². The number of rotatable bonds is 9. The molecule has 0 unspecified atom stereocenters. The Kier molecular flexibility index (Phi) is 11.4. The Morgan fingerprint density at radius 2 is 1.49 bits per heavy atom. The number of benzene rings is 2. The number of amides is 4. The summed E-state index contributed by atoms with van der Waals surface area (Å²) in [7, 11) is 1.31. The fourth-order valence-corrected chi connectivity index (χ4v) is 9.94. The van der Waals surface area contributed by atoms with Gasteiger partial charge in [0.15, 0.2) is 0 Å². The minimum absolute atomic E-state index is 0.0350. The van der Waals surface area contributed by atoms with Crippen molar-refractivity contribution in [3.63, 3.8) is 0 Å². The number of carbonyl (C=O) groups excluding carboxylic acids is 3. The molecule has 1 aliphatic carbocycles. The van der Waals surface area contributed by atoms with Crippen LogP contribution in [-0.4, -0.2) is 117 Å². The van der Waals surface area contributed by atoms with Crippen LogP contribution in [0.4, 0.5) is 9.59 Å². The van der Waals surface area contributed by atoms with Crippen LogP contribution in [0.1, 0.15) is 86.9 Å². The van der Waals surface area contributed by atoms with Crippen LogP contribution in [0.5, 0.6) is 0 Å². The summed E-state index contributed by atoms with van der Waals surface area (Å²) in [6.07, 6.45) is 6.79. The van der Waals surface area contributed by atoms with Gasteiger partial charge in [-0.25, -0.2) is 19.6 Å². The fourth-order valence-electron chi connectivity index (χ4n) is 9.94. The molecule has 6 heterocycles. The van der Waals surface area contributed by atoms with Crippen molar-refractivity contribution in [2.45, 2.75) is 82.1 Å². The summed E-state index contributed by atoms with van der Waals surface area (Å²) >= 11 is 0. The van der Waals surface area contributed by atoms with Crippen LogP contribution >= 0.6 is 0 Å². The van der Waals surface area contributed by atoms with Gasteiger partial charge in [0.25, 0.3) is 0 Å². The summed E-state index contributed by atoms with van der Waals surface area (Å²) < 4.78 is 15.9. The quantitative estimate of drug-likeness (QED) is 0.141. The van der Waals surface area contributed by atoms with Gasteiger partial charge in [0.05, 0.1) is 37.3 Å². The van der Waals surface area contributed by atoms with Crippen LogP contribution in [0.25, 0.3) is 22.0 Å². The molecule has 0 spiro atoms. The topological polar surface area (TPSA) is 204 Å². The van der Waals surface area contributed by atoms with E-state index in [1.807, 2.05) is 35.2 Å². The molecule has 4 aliphatic heterocycles. The maximum absolute atomic E-state index is 14.1. The van der Waals surface area contributed by atoms with Crippen molar-refractivity contribution in [3.05, 3.63) is 71.7 Å². The maximum atomic E-state index is 14.1. The van der Waals surface area contributed by atoms with E-state index in [-0.39, 0.29) is 47.7 Å². The van der Waals surface area contributed by atoms with Crippen molar-refractivity contribution in [2.24, 2.45) is 23.7 Å². The average molecular weight is 833 g/mol. The Morgan fingerprint density at radius 1 is 0.820 bits per heavy atom. The van der Waals surface area contributed by atoms with E-state index in [0.29, 0.717) is 81.9 Å². The van der Waals surface area contributed by atoms with E-state index in [2.05, 4.69) is 50.4 Å². The normalized spacial score (nSPS) is 25.0. The maximum Gasteiger partial charge on any atom is 0.407 e. The molecular formula is C45H52N8O8. The Bertz CT molecular complexity index is 2360. The largest absolute Gasteiger partial charge is 0.465 e. The number of fused-ring (bicyclic) bond motifs is 2. The smallest absolute Gasteiger partial charge is 0.407 e. The average Bonchev–Trinajstić information content (AvgIpc) is 3.75. The first-order valence-electron chi connectivity index (χ1n) is 21.4. The van der Waals surface area contributed by atoms with Crippen LogP contribution in [0.2, 0.25) is 0 Å². The third-order valence-electron chi connectivity index (χ3n) is 13.2. The first kappa shape index (κ1) is 40.5. The number of alkyl carbamates (subject to hydrolysis) is 1. The number of nitrogens with one attached hydrogen (secondary N) is 4. The van der Waals surface area contributed by atoms with E-state index in [0.717, 1.165) is 46.9 Å². The standard InChI is InChI=1S/C45H52N8O8/c1-25-17-36(52(24-25)42(54)38(50-44(56)57)27-9-13-60-14-10-27)40-47-23-34(49-40)31-7-6-29-18-26(3-5-30(29)19-31)4-8-33-22-46-41(48-33)37-21-32-20-35(32)53(37)43(55)39(51-45(58)59-2)28-11-15-61-16-12-28/h3,5-7,18-19,22-23,25,27-28,32,35-39,50H,9-17,20-21,24H2,1-2H3,(H,46,48)(H,47,49)(H,51,58)(H,56,57)/t25-,32-,35+,36-,37-,38-,39-/m0/s1. The number of likely N-dealkylation sites (tertiary alicyclic amines) is 2. The molecule has 320 valence electrons. The van der Waals surface area contributed by atoms with Gasteiger partial charge in [-0.2, -0.15) is 0 Å². The number of hydrogen-bond donors (Lipinski definition) is 5. The lowest BCUT2D eigenvalue weighted by Crippen LogP contribution is -2.54. The highest BCUT2D eigenvalue weighted by molar-refractivity contribution is 5.89. The molecule has 0 radical (unpaired) electrons. The Hall–Kier alpha value is -5.92. The van der Waals surface area contributed by atoms with Gasteiger partial charge < -0.3 is 49.7 Å². The predicted molar refractivity (Wildman–Crippen MR) is 222 cm³/mol. The van der Waals surface area contributed by atoms with Gasteiger partial charge in [-0.15, -0.1) is 0 Å². The van der Waals surface area contributed by atoms with Crippen molar-refractivity contribution in [3.8, 4) is 23.1 Å². The lowest BCUT2D eigenvalue weighted by molar-refractivity contribution is -0.138. The monoisotopic (exact) mass is 832 g/mol. The number of piperidine rings is 1. The number of imidazole rings is 2.